The Hall–Kier alpha value is -5.80. The van der Waals surface area contributed by atoms with Gasteiger partial charge in [-0.2, -0.15) is 0 Å². The van der Waals surface area contributed by atoms with Crippen molar-refractivity contribution in [2.75, 3.05) is 9.80 Å². The van der Waals surface area contributed by atoms with Gasteiger partial charge in [0, 0.05) is 34.1 Å². The minimum atomic E-state index is 0.00654. The molecule has 3 heteroatoms. The highest BCUT2D eigenvalue weighted by Gasteiger charge is 2.43. The van der Waals surface area contributed by atoms with Crippen LogP contribution in [0.3, 0.4) is 0 Å². The van der Waals surface area contributed by atoms with E-state index in [0.717, 1.165) is 5.69 Å². The zero-order chi connectivity index (χ0) is 36.5. The maximum Gasteiger partial charge on any atom is 0.252 e. The Morgan fingerprint density at radius 2 is 0.906 bits per heavy atom. The molecule has 0 saturated carbocycles. The Bertz CT molecular complexity index is 2470. The molecule has 0 spiro atoms. The summed E-state index contributed by atoms with van der Waals surface area (Å²) in [7, 11) is 0. The zero-order valence-electron chi connectivity index (χ0n) is 31.6. The summed E-state index contributed by atoms with van der Waals surface area (Å²) in [6.45, 7) is 13.9. The van der Waals surface area contributed by atoms with Crippen molar-refractivity contribution in [1.82, 2.24) is 0 Å². The minimum absolute atomic E-state index is 0.00654. The molecule has 0 atom stereocenters. The molecule has 258 valence electrons. The lowest BCUT2D eigenvalue weighted by Gasteiger charge is -2.44. The Balaban J connectivity index is 1.33. The van der Waals surface area contributed by atoms with Crippen LogP contribution in [0.5, 0.6) is 0 Å². The largest absolute Gasteiger partial charge is 0.311 e. The summed E-state index contributed by atoms with van der Waals surface area (Å²) in [5.74, 6) is 0. The third-order valence-electron chi connectivity index (χ3n) is 11.2. The first-order valence-corrected chi connectivity index (χ1v) is 18.9. The molecule has 7 aromatic rings. The molecule has 2 nitrogen and oxygen atoms in total. The first kappa shape index (κ1) is 33.1. The van der Waals surface area contributed by atoms with Crippen LogP contribution in [0.15, 0.2) is 164 Å². The van der Waals surface area contributed by atoms with Gasteiger partial charge in [-0.15, -0.1) is 0 Å². The van der Waals surface area contributed by atoms with Gasteiger partial charge in [0.05, 0.1) is 0 Å². The number of hydrogen-bond acceptors (Lipinski definition) is 2. The number of rotatable bonds is 4. The van der Waals surface area contributed by atoms with Crippen LogP contribution in [-0.4, -0.2) is 6.71 Å². The van der Waals surface area contributed by atoms with E-state index in [1.165, 1.54) is 78.2 Å². The van der Waals surface area contributed by atoms with Crippen molar-refractivity contribution < 1.29 is 0 Å². The van der Waals surface area contributed by atoms with Crippen molar-refractivity contribution in [2.45, 2.75) is 52.4 Å². The van der Waals surface area contributed by atoms with Gasteiger partial charge >= 0.3 is 0 Å². The topological polar surface area (TPSA) is 6.48 Å². The Labute approximate surface area is 315 Å². The molecule has 2 aliphatic heterocycles. The number of benzene rings is 7. The van der Waals surface area contributed by atoms with Crippen LogP contribution in [0.1, 0.15) is 52.7 Å². The normalized spacial score (nSPS) is 13.4. The smallest absolute Gasteiger partial charge is 0.252 e. The van der Waals surface area contributed by atoms with Gasteiger partial charge < -0.3 is 9.80 Å². The second-order valence-electron chi connectivity index (χ2n) is 16.7. The van der Waals surface area contributed by atoms with Crippen molar-refractivity contribution in [2.24, 2.45) is 0 Å². The molecule has 0 aromatic heterocycles. The van der Waals surface area contributed by atoms with Crippen LogP contribution >= 0.6 is 0 Å². The minimum Gasteiger partial charge on any atom is -0.311 e. The second kappa shape index (κ2) is 12.4. The Kier molecular flexibility index (Phi) is 7.75. The van der Waals surface area contributed by atoms with Gasteiger partial charge in [0.15, 0.2) is 0 Å². The fraction of sp³-hybridized carbons (Fsp3) is 0.160. The van der Waals surface area contributed by atoms with Crippen LogP contribution in [0.25, 0.3) is 22.3 Å². The third-order valence-corrected chi connectivity index (χ3v) is 11.2. The van der Waals surface area contributed by atoms with E-state index in [1.807, 2.05) is 0 Å². The van der Waals surface area contributed by atoms with Gasteiger partial charge in [-0.3, -0.25) is 0 Å². The summed E-state index contributed by atoms with van der Waals surface area (Å²) in [4.78, 5) is 5.02. The van der Waals surface area contributed by atoms with Crippen LogP contribution < -0.4 is 26.2 Å². The van der Waals surface area contributed by atoms with Crippen molar-refractivity contribution in [3.8, 4) is 22.3 Å². The van der Waals surface area contributed by atoms with Gasteiger partial charge in [0.1, 0.15) is 0 Å². The van der Waals surface area contributed by atoms with Gasteiger partial charge in [-0.05, 0) is 109 Å². The van der Waals surface area contributed by atoms with Gasteiger partial charge in [-0.25, -0.2) is 0 Å². The van der Waals surface area contributed by atoms with Gasteiger partial charge in [0.25, 0.3) is 6.71 Å². The molecule has 0 unspecified atom stereocenters. The monoisotopic (exact) mass is 684 g/mol. The SMILES string of the molecule is CC(C)(C)c1ccc(N2c3ccc(C(C)(C)C)cc3B3c4ccc(-c5ccccc5)cc4N(c4cccc(-c5ccccc5)c4)c4cccc2c43)cc1. The van der Waals surface area contributed by atoms with E-state index < -0.39 is 0 Å². The predicted molar refractivity (Wildman–Crippen MR) is 229 cm³/mol. The molecule has 0 fully saturated rings. The molecule has 7 aromatic carbocycles. The summed E-state index contributed by atoms with van der Waals surface area (Å²) in [5, 5.41) is 0. The summed E-state index contributed by atoms with van der Waals surface area (Å²) in [5.41, 5.74) is 18.9. The fourth-order valence-electron chi connectivity index (χ4n) is 8.33. The number of fused-ring (bicyclic) bond motifs is 4. The van der Waals surface area contributed by atoms with Crippen molar-refractivity contribution in [3.63, 3.8) is 0 Å². The number of hydrogen-bond donors (Lipinski definition) is 0. The van der Waals surface area contributed by atoms with E-state index in [1.54, 1.807) is 0 Å². The van der Waals surface area contributed by atoms with Crippen molar-refractivity contribution in [3.05, 3.63) is 175 Å². The average molecular weight is 685 g/mol. The highest BCUT2D eigenvalue weighted by molar-refractivity contribution is 7.00. The standard InChI is InChI=1S/C50H45BN2/c1-49(2,3)38-24-27-40(28-25-38)52-44-30-26-39(50(4,5)6)33-43(44)51-42-29-23-37(35-17-11-8-12-18-35)32-47(42)53(46-22-14-21-45(52)48(46)51)41-20-13-19-36(31-41)34-15-9-7-10-16-34/h7-33H,1-6H3. The fourth-order valence-corrected chi connectivity index (χ4v) is 8.33. The zero-order valence-corrected chi connectivity index (χ0v) is 31.6. The van der Waals surface area contributed by atoms with E-state index >= 15 is 0 Å². The molecular formula is C50H45BN2. The van der Waals surface area contributed by atoms with E-state index in [0.29, 0.717) is 0 Å². The maximum absolute atomic E-state index is 2.52. The molecule has 9 rings (SSSR count). The van der Waals surface area contributed by atoms with E-state index in [4.69, 9.17) is 0 Å². The molecule has 2 heterocycles. The molecule has 2 aliphatic rings. The van der Waals surface area contributed by atoms with Gasteiger partial charge in [-0.1, -0.05) is 157 Å². The summed E-state index contributed by atoms with van der Waals surface area (Å²) >= 11 is 0. The molecule has 0 radical (unpaired) electrons. The van der Waals surface area contributed by atoms with E-state index in [9.17, 15) is 0 Å². The third kappa shape index (κ3) is 5.67. The first-order valence-electron chi connectivity index (χ1n) is 18.9. The Morgan fingerprint density at radius 3 is 1.53 bits per heavy atom. The van der Waals surface area contributed by atoms with Crippen LogP contribution in [0.4, 0.5) is 34.1 Å². The molecule has 0 N–H and O–H groups in total. The average Bonchev–Trinajstić information content (AvgIpc) is 3.17. The highest BCUT2D eigenvalue weighted by atomic mass is 15.2. The van der Waals surface area contributed by atoms with Gasteiger partial charge in [0.2, 0.25) is 0 Å². The molecule has 53 heavy (non-hydrogen) atoms. The highest BCUT2D eigenvalue weighted by Crippen LogP contribution is 2.45. The van der Waals surface area contributed by atoms with Crippen LogP contribution in [0, 0.1) is 0 Å². The maximum atomic E-state index is 2.52. The van der Waals surface area contributed by atoms with Crippen molar-refractivity contribution in [1.29, 1.82) is 0 Å². The Morgan fingerprint density at radius 1 is 0.358 bits per heavy atom. The summed E-state index contributed by atoms with van der Waals surface area (Å²) < 4.78 is 0. The first-order chi connectivity index (χ1) is 25.6. The molecule has 0 aliphatic carbocycles. The lowest BCUT2D eigenvalue weighted by Crippen LogP contribution is -2.61. The number of nitrogens with zero attached hydrogens (tertiary/aromatic N) is 2. The van der Waals surface area contributed by atoms with E-state index in [2.05, 4.69) is 215 Å². The quantitative estimate of drug-likeness (QED) is 0.170. The molecule has 0 bridgehead atoms. The van der Waals surface area contributed by atoms with Crippen LogP contribution in [-0.2, 0) is 10.8 Å². The van der Waals surface area contributed by atoms with Crippen LogP contribution in [0.2, 0.25) is 0 Å². The lowest BCUT2D eigenvalue weighted by atomic mass is 9.33. The summed E-state index contributed by atoms with van der Waals surface area (Å²) in [6.07, 6.45) is 0. The molecule has 0 amide bonds. The second-order valence-corrected chi connectivity index (χ2v) is 16.7. The molecular weight excluding hydrogens is 639 g/mol. The lowest BCUT2D eigenvalue weighted by molar-refractivity contribution is 0.590. The molecule has 0 saturated heterocycles. The van der Waals surface area contributed by atoms with E-state index in [-0.39, 0.29) is 17.5 Å². The predicted octanol–water partition coefficient (Wildman–Crippen LogP) is 11.7. The van der Waals surface area contributed by atoms with Crippen molar-refractivity contribution >= 4 is 57.2 Å². The number of anilines is 6. The summed E-state index contributed by atoms with van der Waals surface area (Å²) in [6, 6.07) is 61.0.